The molecule has 0 aliphatic carbocycles. The molecule has 2 unspecified atom stereocenters. The van der Waals surface area contributed by atoms with Crippen molar-refractivity contribution < 1.29 is 13.6 Å². The van der Waals surface area contributed by atoms with Gasteiger partial charge in [-0.3, -0.25) is 4.79 Å². The third-order valence-corrected chi connectivity index (χ3v) is 7.52. The summed E-state index contributed by atoms with van der Waals surface area (Å²) in [6, 6.07) is 14.7. The van der Waals surface area contributed by atoms with Crippen molar-refractivity contribution in [2.24, 2.45) is 10.8 Å². The maximum atomic E-state index is 11.9. The largest absolute Gasteiger partial charge is 0.410 e. The molecule has 0 N–H and O–H groups in total. The maximum absolute atomic E-state index is 11.9. The molecule has 2 aromatic rings. The van der Waals surface area contributed by atoms with Crippen LogP contribution in [0.3, 0.4) is 0 Å². The summed E-state index contributed by atoms with van der Waals surface area (Å²) in [7, 11) is 0.239. The number of hydrogen-bond acceptors (Lipinski definition) is 4. The minimum atomic E-state index is -0.930. The van der Waals surface area contributed by atoms with E-state index in [9.17, 15) is 4.79 Å². The van der Waals surface area contributed by atoms with Gasteiger partial charge in [0.1, 0.15) is 0 Å². The summed E-state index contributed by atoms with van der Waals surface area (Å²) in [6.07, 6.45) is -0.0335. The van der Waals surface area contributed by atoms with Crippen LogP contribution in [0.2, 0.25) is 26.2 Å². The van der Waals surface area contributed by atoms with Gasteiger partial charge in [0.15, 0.2) is 5.78 Å². The van der Waals surface area contributed by atoms with Crippen molar-refractivity contribution in [3.05, 3.63) is 64.7 Å². The van der Waals surface area contributed by atoms with Gasteiger partial charge in [0, 0.05) is 24.8 Å². The molecule has 2 rings (SSSR count). The maximum Gasteiger partial charge on any atom is 0.205 e. The van der Waals surface area contributed by atoms with E-state index in [4.69, 9.17) is 8.85 Å². The smallest absolute Gasteiger partial charge is 0.205 e. The Balaban J connectivity index is 2.61. The van der Waals surface area contributed by atoms with E-state index in [2.05, 4.69) is 104 Å². The highest BCUT2D eigenvalue weighted by atomic mass is 28.3. The highest BCUT2D eigenvalue weighted by Gasteiger charge is 2.36. The van der Waals surface area contributed by atoms with E-state index in [0.29, 0.717) is 0 Å². The number of carbonyl (C=O) groups is 1. The molecule has 0 aliphatic rings. The third-order valence-electron chi connectivity index (χ3n) is 6.11. The lowest BCUT2D eigenvalue weighted by Crippen LogP contribution is -2.31. The Morgan fingerprint density at radius 1 is 0.833 bits per heavy atom. The van der Waals surface area contributed by atoms with E-state index in [1.54, 1.807) is 6.92 Å². The highest BCUT2D eigenvalue weighted by molar-refractivity contribution is 6.48. The minimum absolute atomic E-state index is 0.00625. The molecule has 0 bridgehead atoms. The molecule has 0 aliphatic heterocycles. The van der Waals surface area contributed by atoms with Gasteiger partial charge in [-0.2, -0.15) is 0 Å². The average molecular weight is 526 g/mol. The Morgan fingerprint density at radius 3 is 1.83 bits per heavy atom. The predicted octanol–water partition coefficient (Wildman–Crippen LogP) is 8.24. The molecule has 2 atom stereocenters. The van der Waals surface area contributed by atoms with Crippen LogP contribution in [0.4, 0.5) is 5.69 Å². The van der Waals surface area contributed by atoms with Crippen LogP contribution >= 0.6 is 0 Å². The molecule has 0 saturated carbocycles. The zero-order chi connectivity index (χ0) is 27.4. The molecule has 0 heterocycles. The van der Waals surface area contributed by atoms with E-state index < -0.39 is 18.1 Å². The zero-order valence-corrected chi connectivity index (χ0v) is 26.6. The summed E-state index contributed by atoms with van der Waals surface area (Å²) in [5.41, 5.74) is 5.35. The lowest BCUT2D eigenvalue weighted by Gasteiger charge is -2.39. The number of ketones is 1. The van der Waals surface area contributed by atoms with Gasteiger partial charge in [-0.25, -0.2) is 0 Å². The molecule has 0 amide bonds. The number of hydrogen-bond donors (Lipinski definition) is 0. The van der Waals surface area contributed by atoms with Crippen LogP contribution in [0, 0.1) is 10.8 Å². The van der Waals surface area contributed by atoms with Crippen LogP contribution in [0.25, 0.3) is 0 Å². The quantitative estimate of drug-likeness (QED) is 0.231. The van der Waals surface area contributed by atoms with Crippen molar-refractivity contribution in [1.82, 2.24) is 0 Å². The van der Waals surface area contributed by atoms with Gasteiger partial charge in [0.05, 0.1) is 12.2 Å². The van der Waals surface area contributed by atoms with Gasteiger partial charge in [-0.1, -0.05) is 71.9 Å². The fraction of sp³-hybridized carbons (Fsp3) is 0.567. The lowest BCUT2D eigenvalue weighted by molar-refractivity contribution is 0.0655. The van der Waals surface area contributed by atoms with Crippen molar-refractivity contribution >= 4 is 29.6 Å². The van der Waals surface area contributed by atoms with Crippen molar-refractivity contribution in [3.63, 3.8) is 0 Å². The van der Waals surface area contributed by atoms with Crippen LogP contribution in [-0.4, -0.2) is 30.9 Å². The first kappa shape index (κ1) is 30.5. The monoisotopic (exact) mass is 525 g/mol. The van der Waals surface area contributed by atoms with Gasteiger partial charge in [-0.15, -0.1) is 0 Å². The third kappa shape index (κ3) is 8.40. The number of carbonyl (C=O) groups excluding carboxylic acids is 1. The van der Waals surface area contributed by atoms with E-state index in [1.807, 2.05) is 18.2 Å². The molecule has 36 heavy (non-hydrogen) atoms. The Morgan fingerprint density at radius 2 is 1.36 bits per heavy atom. The first-order valence-electron chi connectivity index (χ1n) is 12.9. The fourth-order valence-corrected chi connectivity index (χ4v) is 6.30. The van der Waals surface area contributed by atoms with E-state index in [1.165, 1.54) is 16.7 Å². The van der Waals surface area contributed by atoms with Crippen molar-refractivity contribution in [2.45, 2.75) is 93.4 Å². The fourth-order valence-electron chi connectivity index (χ4n) is 4.40. The first-order valence-corrected chi connectivity index (χ1v) is 17.7. The van der Waals surface area contributed by atoms with Gasteiger partial charge in [0.2, 0.25) is 18.1 Å². The number of anilines is 1. The topological polar surface area (TPSA) is 38.8 Å². The number of benzene rings is 2. The molecule has 0 saturated heterocycles. The number of Topliss-reactive ketones (excluding diaryl/α,β-unsaturated/α-hetero) is 1. The molecule has 6 heteroatoms. The van der Waals surface area contributed by atoms with E-state index >= 15 is 0 Å². The molecular weight excluding hydrogens is 479 g/mol. The van der Waals surface area contributed by atoms with Crippen LogP contribution in [0.1, 0.15) is 87.7 Å². The standard InChI is InChI=1S/C30H47NO3Si2/c1-21(32)23-14-13-15-24(19-23)31(8)20-22-16-17-25(27(29(2,3)4)33-35(9)10)26(18-22)28(30(5,6)7)34-36(11)12/h13-19,27-28H,20H2,1-12H3. The second kappa shape index (κ2) is 12.2. The van der Waals surface area contributed by atoms with Crippen molar-refractivity contribution in [1.29, 1.82) is 0 Å². The average Bonchev–Trinajstić information content (AvgIpc) is 2.74. The minimum Gasteiger partial charge on any atom is -0.410 e. The van der Waals surface area contributed by atoms with Crippen LogP contribution in [0.15, 0.2) is 42.5 Å². The summed E-state index contributed by atoms with van der Waals surface area (Å²) in [4.78, 5) is 14.1. The summed E-state index contributed by atoms with van der Waals surface area (Å²) in [5.74, 6) is 0.0831. The second-order valence-electron chi connectivity index (χ2n) is 12.5. The van der Waals surface area contributed by atoms with Crippen LogP contribution in [-0.2, 0) is 15.4 Å². The molecule has 198 valence electrons. The second-order valence-corrected chi connectivity index (χ2v) is 16.6. The summed E-state index contributed by atoms with van der Waals surface area (Å²) in [6.45, 7) is 24.8. The van der Waals surface area contributed by atoms with Gasteiger partial charge >= 0.3 is 0 Å². The SMILES string of the molecule is CC(=O)c1cccc(N(C)Cc2ccc(C(O[Si](C)C)C(C)(C)C)c(C(O[Si](C)C)C(C)(C)C)c2)c1. The van der Waals surface area contributed by atoms with Crippen LogP contribution in [0.5, 0.6) is 0 Å². The Hall–Kier alpha value is -1.74. The van der Waals surface area contributed by atoms with Gasteiger partial charge < -0.3 is 13.8 Å². The van der Waals surface area contributed by atoms with Gasteiger partial charge in [0.25, 0.3) is 0 Å². The van der Waals surface area contributed by atoms with Crippen molar-refractivity contribution in [3.8, 4) is 0 Å². The molecule has 2 aromatic carbocycles. The van der Waals surface area contributed by atoms with Crippen LogP contribution < -0.4 is 4.90 Å². The lowest BCUT2D eigenvalue weighted by atomic mass is 9.77. The van der Waals surface area contributed by atoms with E-state index in [-0.39, 0.29) is 28.8 Å². The highest BCUT2D eigenvalue weighted by Crippen LogP contribution is 2.45. The number of nitrogens with zero attached hydrogens (tertiary/aromatic N) is 1. The van der Waals surface area contributed by atoms with E-state index in [0.717, 1.165) is 17.8 Å². The Kier molecular flexibility index (Phi) is 10.3. The molecule has 0 fully saturated rings. The molecule has 4 nitrogen and oxygen atoms in total. The molecule has 2 radical (unpaired) electrons. The predicted molar refractivity (Wildman–Crippen MR) is 157 cm³/mol. The molecule has 0 aromatic heterocycles. The molecular formula is C30H47NO3Si2. The molecule has 0 spiro atoms. The van der Waals surface area contributed by atoms with Gasteiger partial charge in [-0.05, 0) is 72.8 Å². The zero-order valence-electron chi connectivity index (χ0n) is 24.6. The first-order chi connectivity index (χ1) is 16.5. The summed E-state index contributed by atoms with van der Waals surface area (Å²) >= 11 is 0. The number of rotatable bonds is 10. The van der Waals surface area contributed by atoms with Crippen molar-refractivity contribution in [2.75, 3.05) is 11.9 Å². The summed E-state index contributed by atoms with van der Waals surface area (Å²) < 4.78 is 13.3. The Labute approximate surface area is 223 Å². The summed E-state index contributed by atoms with van der Waals surface area (Å²) in [5, 5.41) is 0. The normalized spacial score (nSPS) is 14.3. The Bertz CT molecular complexity index is 1020.